The van der Waals surface area contributed by atoms with Gasteiger partial charge in [-0.1, -0.05) is 12.1 Å². The molecule has 1 aromatic heterocycles. The molecule has 24 heavy (non-hydrogen) atoms. The fraction of sp³-hybridized carbons (Fsp3) is 0.471. The van der Waals surface area contributed by atoms with Gasteiger partial charge in [-0.15, -0.1) is 10.2 Å². The van der Waals surface area contributed by atoms with Crippen molar-refractivity contribution >= 4 is 11.7 Å². The lowest BCUT2D eigenvalue weighted by Crippen LogP contribution is -2.41. The highest BCUT2D eigenvalue weighted by Crippen LogP contribution is 2.32. The number of hydrogen-bond acceptors (Lipinski definition) is 4. The third-order valence-corrected chi connectivity index (χ3v) is 4.67. The van der Waals surface area contributed by atoms with Gasteiger partial charge >= 0.3 is 6.03 Å². The topological polar surface area (TPSA) is 83.3 Å². The van der Waals surface area contributed by atoms with Crippen molar-refractivity contribution in [1.29, 1.82) is 0 Å². The number of aliphatic hydroxyl groups is 1. The van der Waals surface area contributed by atoms with Crippen LogP contribution in [-0.2, 0) is 26.1 Å². The smallest absolute Gasteiger partial charge is 0.322 e. The number of rotatable bonds is 4. The van der Waals surface area contributed by atoms with Gasteiger partial charge in [-0.05, 0) is 36.5 Å². The van der Waals surface area contributed by atoms with Crippen LogP contribution < -0.4 is 5.32 Å². The second-order valence-corrected chi connectivity index (χ2v) is 6.54. The van der Waals surface area contributed by atoms with Gasteiger partial charge in [-0.25, -0.2) is 4.79 Å². The summed E-state index contributed by atoms with van der Waals surface area (Å²) in [4.78, 5) is 14.2. The Bertz CT molecular complexity index is 736. The lowest BCUT2D eigenvalue weighted by Gasteiger charge is -2.28. The number of benzene rings is 1. The molecule has 1 fully saturated rings. The highest BCUT2D eigenvalue weighted by atomic mass is 16.3. The van der Waals surface area contributed by atoms with Crippen LogP contribution in [-0.4, -0.2) is 37.3 Å². The summed E-state index contributed by atoms with van der Waals surface area (Å²) in [6.45, 7) is 1.89. The molecule has 4 rings (SSSR count). The van der Waals surface area contributed by atoms with Crippen molar-refractivity contribution in [2.45, 2.75) is 39.0 Å². The molecule has 2 amide bonds. The largest absolute Gasteiger partial charge is 0.392 e. The van der Waals surface area contributed by atoms with Crippen LogP contribution in [0.4, 0.5) is 10.5 Å². The maximum atomic E-state index is 12.4. The maximum Gasteiger partial charge on any atom is 0.322 e. The summed E-state index contributed by atoms with van der Waals surface area (Å²) in [5.74, 6) is 2.70. The summed E-state index contributed by atoms with van der Waals surface area (Å²) in [5, 5.41) is 20.5. The Morgan fingerprint density at radius 1 is 1.21 bits per heavy atom. The SMILES string of the molecule is O=C(Nc1ccc(CO)cc1)N1CCn2c(CC3CC3)nnc2C1. The first-order chi connectivity index (χ1) is 11.7. The molecular weight excluding hydrogens is 306 g/mol. The minimum atomic E-state index is -0.134. The van der Waals surface area contributed by atoms with E-state index < -0.39 is 0 Å². The molecule has 0 bridgehead atoms. The van der Waals surface area contributed by atoms with E-state index in [9.17, 15) is 4.79 Å². The van der Waals surface area contributed by atoms with Gasteiger partial charge in [0.25, 0.3) is 0 Å². The third-order valence-electron chi connectivity index (χ3n) is 4.67. The number of nitrogens with one attached hydrogen (secondary N) is 1. The average Bonchev–Trinajstić information content (AvgIpc) is 3.34. The summed E-state index contributed by atoms with van der Waals surface area (Å²) in [6.07, 6.45) is 3.61. The van der Waals surface area contributed by atoms with Crippen molar-refractivity contribution in [3.63, 3.8) is 0 Å². The van der Waals surface area contributed by atoms with E-state index in [4.69, 9.17) is 5.11 Å². The number of amides is 2. The summed E-state index contributed by atoms with van der Waals surface area (Å²) < 4.78 is 2.16. The van der Waals surface area contributed by atoms with Crippen molar-refractivity contribution in [2.24, 2.45) is 5.92 Å². The summed E-state index contributed by atoms with van der Waals surface area (Å²) in [6, 6.07) is 7.05. The number of fused-ring (bicyclic) bond motifs is 1. The van der Waals surface area contributed by atoms with Crippen molar-refractivity contribution in [3.8, 4) is 0 Å². The normalized spacial score (nSPS) is 16.8. The number of aliphatic hydroxyl groups excluding tert-OH is 1. The Balaban J connectivity index is 1.40. The van der Waals surface area contributed by atoms with Gasteiger partial charge < -0.3 is 19.9 Å². The Morgan fingerprint density at radius 3 is 2.71 bits per heavy atom. The van der Waals surface area contributed by atoms with Crippen LogP contribution in [0.3, 0.4) is 0 Å². The van der Waals surface area contributed by atoms with E-state index in [0.29, 0.717) is 13.1 Å². The maximum absolute atomic E-state index is 12.4. The molecule has 1 aliphatic carbocycles. The van der Waals surface area contributed by atoms with E-state index in [2.05, 4.69) is 20.1 Å². The molecule has 0 unspecified atom stereocenters. The highest BCUT2D eigenvalue weighted by molar-refractivity contribution is 5.89. The van der Waals surface area contributed by atoms with Crippen LogP contribution in [0.5, 0.6) is 0 Å². The van der Waals surface area contributed by atoms with Crippen LogP contribution in [0.15, 0.2) is 24.3 Å². The molecular formula is C17H21N5O2. The molecule has 2 aliphatic rings. The zero-order chi connectivity index (χ0) is 16.5. The minimum Gasteiger partial charge on any atom is -0.392 e. The molecule has 1 aliphatic heterocycles. The lowest BCUT2D eigenvalue weighted by molar-refractivity contribution is 0.195. The molecule has 0 saturated heterocycles. The van der Waals surface area contributed by atoms with Gasteiger partial charge in [0, 0.05) is 25.2 Å². The van der Waals surface area contributed by atoms with Crippen molar-refractivity contribution in [2.75, 3.05) is 11.9 Å². The second kappa shape index (κ2) is 6.24. The molecule has 7 nitrogen and oxygen atoms in total. The van der Waals surface area contributed by atoms with E-state index in [-0.39, 0.29) is 12.6 Å². The first-order valence-corrected chi connectivity index (χ1v) is 8.39. The monoisotopic (exact) mass is 327 g/mol. The molecule has 0 atom stereocenters. The van der Waals surface area contributed by atoms with Crippen LogP contribution in [0.1, 0.15) is 30.1 Å². The number of hydrogen-bond donors (Lipinski definition) is 2. The first kappa shape index (κ1) is 15.1. The van der Waals surface area contributed by atoms with Crippen molar-refractivity contribution in [3.05, 3.63) is 41.5 Å². The summed E-state index contributed by atoms with van der Waals surface area (Å²) in [5.41, 5.74) is 1.54. The number of urea groups is 1. The van der Waals surface area contributed by atoms with Gasteiger partial charge in [0.15, 0.2) is 5.82 Å². The molecule has 126 valence electrons. The van der Waals surface area contributed by atoms with Crippen molar-refractivity contribution in [1.82, 2.24) is 19.7 Å². The molecule has 7 heteroatoms. The molecule has 0 spiro atoms. The number of carbonyl (C=O) groups is 1. The van der Waals surface area contributed by atoms with Gasteiger partial charge in [-0.3, -0.25) is 0 Å². The highest BCUT2D eigenvalue weighted by Gasteiger charge is 2.28. The molecule has 2 N–H and O–H groups in total. The minimum absolute atomic E-state index is 0.000793. The van der Waals surface area contributed by atoms with E-state index in [1.807, 2.05) is 0 Å². The fourth-order valence-corrected chi connectivity index (χ4v) is 3.02. The first-order valence-electron chi connectivity index (χ1n) is 8.39. The van der Waals surface area contributed by atoms with Gasteiger partial charge in [0.2, 0.25) is 0 Å². The van der Waals surface area contributed by atoms with Gasteiger partial charge in [0.1, 0.15) is 5.82 Å². The van der Waals surface area contributed by atoms with Crippen molar-refractivity contribution < 1.29 is 9.90 Å². The van der Waals surface area contributed by atoms with E-state index in [0.717, 1.165) is 41.8 Å². The van der Waals surface area contributed by atoms with Crippen LogP contribution in [0.2, 0.25) is 0 Å². The summed E-state index contributed by atoms with van der Waals surface area (Å²) in [7, 11) is 0. The molecule has 1 saturated carbocycles. The van der Waals surface area contributed by atoms with Gasteiger partial charge in [0.05, 0.1) is 13.2 Å². The zero-order valence-corrected chi connectivity index (χ0v) is 13.5. The Morgan fingerprint density at radius 2 is 2.00 bits per heavy atom. The number of anilines is 1. The predicted molar refractivity (Wildman–Crippen MR) is 88.2 cm³/mol. The lowest BCUT2D eigenvalue weighted by atomic mass is 10.2. The standard InChI is InChI=1S/C17H21N5O2/c23-11-13-3-5-14(6-4-13)18-17(24)21-7-8-22-15(9-12-1-2-12)19-20-16(22)10-21/h3-6,12,23H,1-2,7-11H2,(H,18,24). The van der Waals surface area contributed by atoms with Crippen LogP contribution in [0, 0.1) is 5.92 Å². The Kier molecular flexibility index (Phi) is 3.93. The number of nitrogens with zero attached hydrogens (tertiary/aromatic N) is 4. The van der Waals surface area contributed by atoms with Crippen LogP contribution in [0.25, 0.3) is 0 Å². The fourth-order valence-electron chi connectivity index (χ4n) is 3.02. The zero-order valence-electron chi connectivity index (χ0n) is 13.5. The van der Waals surface area contributed by atoms with Crippen LogP contribution >= 0.6 is 0 Å². The van der Waals surface area contributed by atoms with E-state index in [1.54, 1.807) is 29.2 Å². The average molecular weight is 327 g/mol. The summed E-state index contributed by atoms with van der Waals surface area (Å²) >= 11 is 0. The quantitative estimate of drug-likeness (QED) is 0.896. The van der Waals surface area contributed by atoms with E-state index >= 15 is 0 Å². The number of carbonyl (C=O) groups excluding carboxylic acids is 1. The predicted octanol–water partition coefficient (Wildman–Crippen LogP) is 1.77. The second-order valence-electron chi connectivity index (χ2n) is 6.54. The van der Waals surface area contributed by atoms with Gasteiger partial charge in [-0.2, -0.15) is 0 Å². The molecule has 0 radical (unpaired) electrons. The Hall–Kier alpha value is -2.41. The molecule has 1 aromatic carbocycles. The van der Waals surface area contributed by atoms with E-state index in [1.165, 1.54) is 12.8 Å². The third kappa shape index (κ3) is 3.12. The molecule has 2 heterocycles. The molecule has 2 aromatic rings. The Labute approximate surface area is 140 Å². The number of aromatic nitrogens is 3.